The third-order valence-corrected chi connectivity index (χ3v) is 3.85. The van der Waals surface area contributed by atoms with Crippen LogP contribution in [0.4, 0.5) is 4.39 Å². The molecule has 0 fully saturated rings. The first-order chi connectivity index (χ1) is 10.2. The standard InChI is InChI=1S/C15H18FN3OS/c1-11-6-7-18-15(19-11)21-14-12(4-3-5-13(14)16)10-17-8-9-20-2/h3-7,17H,8-10H2,1-2H3. The first kappa shape index (κ1) is 15.9. The highest BCUT2D eigenvalue weighted by atomic mass is 32.2. The Morgan fingerprint density at radius 3 is 2.95 bits per heavy atom. The molecular weight excluding hydrogens is 289 g/mol. The normalized spacial score (nSPS) is 10.8. The van der Waals surface area contributed by atoms with Crippen molar-refractivity contribution < 1.29 is 9.13 Å². The van der Waals surface area contributed by atoms with Crippen LogP contribution >= 0.6 is 11.8 Å². The van der Waals surface area contributed by atoms with Gasteiger partial charge in [0.15, 0.2) is 5.16 Å². The van der Waals surface area contributed by atoms with Crippen LogP contribution in [0.5, 0.6) is 0 Å². The van der Waals surface area contributed by atoms with Gasteiger partial charge in [-0.2, -0.15) is 0 Å². The number of aromatic nitrogens is 2. The summed E-state index contributed by atoms with van der Waals surface area (Å²) < 4.78 is 19.1. The summed E-state index contributed by atoms with van der Waals surface area (Å²) in [5, 5.41) is 3.78. The zero-order valence-corrected chi connectivity index (χ0v) is 12.9. The fraction of sp³-hybridized carbons (Fsp3) is 0.333. The number of hydrogen-bond donors (Lipinski definition) is 1. The van der Waals surface area contributed by atoms with E-state index in [0.29, 0.717) is 23.2 Å². The molecule has 21 heavy (non-hydrogen) atoms. The highest BCUT2D eigenvalue weighted by molar-refractivity contribution is 7.99. The molecule has 0 aliphatic heterocycles. The van der Waals surface area contributed by atoms with E-state index in [0.717, 1.165) is 17.8 Å². The fourth-order valence-corrected chi connectivity index (χ4v) is 2.69. The van der Waals surface area contributed by atoms with Gasteiger partial charge < -0.3 is 10.1 Å². The molecule has 4 nitrogen and oxygen atoms in total. The van der Waals surface area contributed by atoms with Crippen molar-refractivity contribution >= 4 is 11.8 Å². The summed E-state index contributed by atoms with van der Waals surface area (Å²) in [6, 6.07) is 6.89. The molecule has 6 heteroatoms. The smallest absolute Gasteiger partial charge is 0.192 e. The van der Waals surface area contributed by atoms with Gasteiger partial charge in [-0.3, -0.25) is 0 Å². The molecule has 0 aliphatic carbocycles. The number of halogens is 1. The van der Waals surface area contributed by atoms with Gasteiger partial charge in [-0.05, 0) is 36.4 Å². The quantitative estimate of drug-likeness (QED) is 0.629. The summed E-state index contributed by atoms with van der Waals surface area (Å²) in [5.41, 5.74) is 1.75. The molecule has 0 amide bonds. The predicted octanol–water partition coefficient (Wildman–Crippen LogP) is 2.81. The Balaban J connectivity index is 2.13. The lowest BCUT2D eigenvalue weighted by Crippen LogP contribution is -2.19. The minimum absolute atomic E-state index is 0.254. The topological polar surface area (TPSA) is 47.0 Å². The van der Waals surface area contributed by atoms with Crippen LogP contribution < -0.4 is 5.32 Å². The Bertz CT molecular complexity index is 595. The number of methoxy groups -OCH3 is 1. The number of hydrogen-bond acceptors (Lipinski definition) is 5. The highest BCUT2D eigenvalue weighted by Gasteiger charge is 2.11. The number of nitrogens with zero attached hydrogens (tertiary/aromatic N) is 2. The van der Waals surface area contributed by atoms with E-state index in [1.54, 1.807) is 19.4 Å². The van der Waals surface area contributed by atoms with E-state index in [1.807, 2.05) is 19.1 Å². The molecule has 1 aromatic heterocycles. The Kier molecular flexibility index (Phi) is 6.10. The molecule has 0 spiro atoms. The molecule has 0 saturated carbocycles. The average molecular weight is 307 g/mol. The first-order valence-electron chi connectivity index (χ1n) is 6.65. The van der Waals surface area contributed by atoms with Gasteiger partial charge in [-0.15, -0.1) is 0 Å². The third kappa shape index (κ3) is 4.77. The fourth-order valence-electron chi connectivity index (χ4n) is 1.77. The van der Waals surface area contributed by atoms with Crippen LogP contribution in [0.1, 0.15) is 11.3 Å². The van der Waals surface area contributed by atoms with Crippen LogP contribution in [-0.2, 0) is 11.3 Å². The van der Waals surface area contributed by atoms with E-state index in [-0.39, 0.29) is 5.82 Å². The second-order valence-corrected chi connectivity index (χ2v) is 5.46. The molecule has 2 aromatic rings. The van der Waals surface area contributed by atoms with Crippen LogP contribution in [-0.4, -0.2) is 30.2 Å². The van der Waals surface area contributed by atoms with E-state index in [2.05, 4.69) is 15.3 Å². The van der Waals surface area contributed by atoms with Crippen molar-refractivity contribution in [3.8, 4) is 0 Å². The summed E-state index contributed by atoms with van der Waals surface area (Å²) in [5.74, 6) is -0.254. The largest absolute Gasteiger partial charge is 0.383 e. The number of nitrogens with one attached hydrogen (secondary N) is 1. The van der Waals surface area contributed by atoms with E-state index in [1.165, 1.54) is 17.8 Å². The SMILES string of the molecule is COCCNCc1cccc(F)c1Sc1nccc(C)n1. The second kappa shape index (κ2) is 8.07. The minimum Gasteiger partial charge on any atom is -0.383 e. The Labute approximate surface area is 128 Å². The van der Waals surface area contributed by atoms with Crippen molar-refractivity contribution in [1.29, 1.82) is 0 Å². The van der Waals surface area contributed by atoms with Gasteiger partial charge in [0.2, 0.25) is 0 Å². The van der Waals surface area contributed by atoms with Crippen molar-refractivity contribution in [3.63, 3.8) is 0 Å². The van der Waals surface area contributed by atoms with Crippen LogP contribution in [0.15, 0.2) is 40.5 Å². The molecule has 1 aromatic carbocycles. The van der Waals surface area contributed by atoms with Gasteiger partial charge >= 0.3 is 0 Å². The van der Waals surface area contributed by atoms with Crippen LogP contribution in [0.3, 0.4) is 0 Å². The molecule has 0 bridgehead atoms. The lowest BCUT2D eigenvalue weighted by atomic mass is 10.2. The zero-order chi connectivity index (χ0) is 15.1. The molecule has 112 valence electrons. The van der Waals surface area contributed by atoms with Crippen molar-refractivity contribution in [1.82, 2.24) is 15.3 Å². The van der Waals surface area contributed by atoms with Gasteiger partial charge in [0.05, 0.1) is 11.5 Å². The van der Waals surface area contributed by atoms with Crippen molar-refractivity contribution in [2.75, 3.05) is 20.3 Å². The number of benzene rings is 1. The van der Waals surface area contributed by atoms with Gasteiger partial charge in [0, 0.05) is 32.1 Å². The summed E-state index contributed by atoms with van der Waals surface area (Å²) in [6.45, 7) is 3.81. The maximum absolute atomic E-state index is 14.1. The van der Waals surface area contributed by atoms with Gasteiger partial charge in [-0.1, -0.05) is 12.1 Å². The summed E-state index contributed by atoms with van der Waals surface area (Å²) in [7, 11) is 1.65. The lowest BCUT2D eigenvalue weighted by molar-refractivity contribution is 0.199. The summed E-state index contributed by atoms with van der Waals surface area (Å²) in [4.78, 5) is 9.04. The van der Waals surface area contributed by atoms with Crippen LogP contribution in [0.2, 0.25) is 0 Å². The second-order valence-electron chi connectivity index (χ2n) is 4.48. The number of ether oxygens (including phenoxy) is 1. The van der Waals surface area contributed by atoms with Crippen LogP contribution in [0.25, 0.3) is 0 Å². The Morgan fingerprint density at radius 2 is 2.19 bits per heavy atom. The van der Waals surface area contributed by atoms with Gasteiger partial charge in [0.1, 0.15) is 5.82 Å². The van der Waals surface area contributed by atoms with Crippen molar-refractivity contribution in [2.45, 2.75) is 23.5 Å². The van der Waals surface area contributed by atoms with Gasteiger partial charge in [-0.25, -0.2) is 14.4 Å². The lowest BCUT2D eigenvalue weighted by Gasteiger charge is -2.10. The molecular formula is C15H18FN3OS. The molecule has 0 radical (unpaired) electrons. The molecule has 0 unspecified atom stereocenters. The van der Waals surface area contributed by atoms with E-state index in [9.17, 15) is 4.39 Å². The zero-order valence-electron chi connectivity index (χ0n) is 12.1. The highest BCUT2D eigenvalue weighted by Crippen LogP contribution is 2.30. The van der Waals surface area contributed by atoms with Gasteiger partial charge in [0.25, 0.3) is 0 Å². The maximum atomic E-state index is 14.1. The average Bonchev–Trinajstić information content (AvgIpc) is 2.47. The monoisotopic (exact) mass is 307 g/mol. The van der Waals surface area contributed by atoms with Crippen LogP contribution in [0, 0.1) is 12.7 Å². The predicted molar refractivity (Wildman–Crippen MR) is 80.9 cm³/mol. The maximum Gasteiger partial charge on any atom is 0.192 e. The van der Waals surface area contributed by atoms with Crippen molar-refractivity contribution in [3.05, 3.63) is 47.5 Å². The Hall–Kier alpha value is -1.50. The van der Waals surface area contributed by atoms with E-state index >= 15 is 0 Å². The third-order valence-electron chi connectivity index (χ3n) is 2.81. The first-order valence-corrected chi connectivity index (χ1v) is 7.47. The number of rotatable bonds is 7. The summed E-state index contributed by atoms with van der Waals surface area (Å²) >= 11 is 1.25. The molecule has 2 rings (SSSR count). The Morgan fingerprint density at radius 1 is 1.33 bits per heavy atom. The molecule has 0 atom stereocenters. The summed E-state index contributed by atoms with van der Waals surface area (Å²) in [6.07, 6.45) is 1.68. The minimum atomic E-state index is -0.254. The van der Waals surface area contributed by atoms with E-state index < -0.39 is 0 Å². The molecule has 0 saturated heterocycles. The molecule has 1 heterocycles. The number of aryl methyl sites for hydroxylation is 1. The van der Waals surface area contributed by atoms with Crippen molar-refractivity contribution in [2.24, 2.45) is 0 Å². The molecule has 0 aliphatic rings. The molecule has 1 N–H and O–H groups in total. The van der Waals surface area contributed by atoms with E-state index in [4.69, 9.17) is 4.74 Å².